The van der Waals surface area contributed by atoms with Gasteiger partial charge in [0.1, 0.15) is 17.1 Å². The molecule has 126 valence electrons. The minimum absolute atomic E-state index is 0.0671. The monoisotopic (exact) mass is 330 g/mol. The molecule has 0 fully saturated rings. The Kier molecular flexibility index (Phi) is 7.57. The molecular weight excluding hydrogens is 312 g/mol. The Bertz CT molecular complexity index is 690. The van der Waals surface area contributed by atoms with E-state index < -0.39 is 11.9 Å². The van der Waals surface area contributed by atoms with Gasteiger partial charge in [0, 0.05) is 6.92 Å². The summed E-state index contributed by atoms with van der Waals surface area (Å²) in [5, 5.41) is 24.7. The van der Waals surface area contributed by atoms with Gasteiger partial charge in [0.25, 0.3) is 5.97 Å². The summed E-state index contributed by atoms with van der Waals surface area (Å²) in [6.45, 7) is 1.08. The van der Waals surface area contributed by atoms with E-state index in [9.17, 15) is 4.79 Å². The molecule has 6 heteroatoms. The van der Waals surface area contributed by atoms with Gasteiger partial charge in [-0.05, 0) is 36.3 Å². The molecule has 3 N–H and O–H groups in total. The van der Waals surface area contributed by atoms with Crippen LogP contribution in [0, 0.1) is 0 Å². The van der Waals surface area contributed by atoms with Gasteiger partial charge < -0.3 is 20.1 Å². The zero-order valence-electron chi connectivity index (χ0n) is 13.0. The Balaban J connectivity index is 0.000000198. The number of rotatable bonds is 1. The number of phenols is 1. The number of carboxylic acid groups (broad SMARTS) is 2. The number of carbonyl (C=O) groups is 2. The number of fused-ring (bicyclic) bond motifs is 1. The summed E-state index contributed by atoms with van der Waals surface area (Å²) >= 11 is 0. The van der Waals surface area contributed by atoms with Crippen LogP contribution in [0.5, 0.6) is 11.5 Å². The number of ether oxygens (including phenoxy) is 1. The average molecular weight is 330 g/mol. The molecule has 0 unspecified atom stereocenters. The maximum Gasteiger partial charge on any atom is 0.339 e. The van der Waals surface area contributed by atoms with Gasteiger partial charge in [0.2, 0.25) is 0 Å². The first-order valence-electron chi connectivity index (χ1n) is 7.02. The number of aliphatic carboxylic acids is 1. The topological polar surface area (TPSA) is 104 Å². The summed E-state index contributed by atoms with van der Waals surface area (Å²) in [5.41, 5.74) is 1.20. The molecule has 0 saturated heterocycles. The van der Waals surface area contributed by atoms with E-state index >= 15 is 0 Å². The van der Waals surface area contributed by atoms with Crippen molar-refractivity contribution >= 4 is 11.9 Å². The summed E-state index contributed by atoms with van der Waals surface area (Å²) in [4.78, 5) is 19.3. The SMILES string of the molecule is C1=COc2ccccc2C1.CC(=O)O.O=C(O)c1ccccc1O. The number of hydrogen-bond acceptors (Lipinski definition) is 4. The lowest BCUT2D eigenvalue weighted by Crippen LogP contribution is -1.95. The maximum absolute atomic E-state index is 10.3. The fraction of sp³-hybridized carbons (Fsp3) is 0.111. The van der Waals surface area contributed by atoms with Crippen LogP contribution in [-0.2, 0) is 11.2 Å². The van der Waals surface area contributed by atoms with Crippen molar-refractivity contribution in [1.82, 2.24) is 0 Å². The predicted molar refractivity (Wildman–Crippen MR) is 88.3 cm³/mol. The van der Waals surface area contributed by atoms with Crippen LogP contribution < -0.4 is 4.74 Å². The van der Waals surface area contributed by atoms with Crippen molar-refractivity contribution in [2.45, 2.75) is 13.3 Å². The van der Waals surface area contributed by atoms with Gasteiger partial charge in [0.15, 0.2) is 0 Å². The van der Waals surface area contributed by atoms with Gasteiger partial charge in [-0.3, -0.25) is 4.79 Å². The van der Waals surface area contributed by atoms with Crippen molar-refractivity contribution in [2.24, 2.45) is 0 Å². The first-order valence-corrected chi connectivity index (χ1v) is 7.02. The lowest BCUT2D eigenvalue weighted by Gasteiger charge is -2.09. The molecule has 0 aliphatic carbocycles. The highest BCUT2D eigenvalue weighted by Gasteiger charge is 2.05. The van der Waals surface area contributed by atoms with Crippen LogP contribution in [-0.4, -0.2) is 27.3 Å². The second-order valence-electron chi connectivity index (χ2n) is 4.64. The van der Waals surface area contributed by atoms with Gasteiger partial charge in [-0.25, -0.2) is 4.79 Å². The molecule has 1 heterocycles. The van der Waals surface area contributed by atoms with Crippen LogP contribution in [0.3, 0.4) is 0 Å². The van der Waals surface area contributed by atoms with E-state index in [1.165, 1.54) is 17.7 Å². The fourth-order valence-electron chi connectivity index (χ4n) is 1.74. The Morgan fingerprint density at radius 3 is 2.12 bits per heavy atom. The molecule has 0 saturated carbocycles. The number of para-hydroxylation sites is 2. The minimum atomic E-state index is -1.11. The highest BCUT2D eigenvalue weighted by molar-refractivity contribution is 5.90. The number of allylic oxidation sites excluding steroid dienone is 1. The van der Waals surface area contributed by atoms with Gasteiger partial charge >= 0.3 is 5.97 Å². The van der Waals surface area contributed by atoms with Crippen LogP contribution in [0.1, 0.15) is 22.8 Å². The van der Waals surface area contributed by atoms with Crippen molar-refractivity contribution in [1.29, 1.82) is 0 Å². The molecule has 1 aliphatic heterocycles. The Morgan fingerprint density at radius 2 is 1.58 bits per heavy atom. The number of aromatic hydroxyl groups is 1. The Hall–Kier alpha value is -3.28. The number of aromatic carboxylic acids is 1. The zero-order valence-corrected chi connectivity index (χ0v) is 13.0. The van der Waals surface area contributed by atoms with Gasteiger partial charge in [-0.2, -0.15) is 0 Å². The number of carboxylic acids is 2. The summed E-state index contributed by atoms with van der Waals surface area (Å²) in [7, 11) is 0. The average Bonchev–Trinajstić information content (AvgIpc) is 2.55. The van der Waals surface area contributed by atoms with E-state index in [0.29, 0.717) is 0 Å². The van der Waals surface area contributed by atoms with E-state index in [1.54, 1.807) is 18.4 Å². The van der Waals surface area contributed by atoms with E-state index in [2.05, 4.69) is 6.07 Å². The van der Waals surface area contributed by atoms with Crippen LogP contribution >= 0.6 is 0 Å². The lowest BCUT2D eigenvalue weighted by atomic mass is 10.1. The van der Waals surface area contributed by atoms with E-state index in [1.807, 2.05) is 24.3 Å². The standard InChI is InChI=1S/C9H8O.C7H6O3.C2H4O2/c1-2-6-9-8(4-1)5-3-7-10-9;8-6-4-2-1-3-5(6)7(9)10;1-2(3)4/h1-4,6-7H,5H2;1-4,8H,(H,9,10);1H3,(H,3,4). The maximum atomic E-state index is 10.3. The molecule has 3 rings (SSSR count). The predicted octanol–water partition coefficient (Wildman–Crippen LogP) is 3.32. The lowest BCUT2D eigenvalue weighted by molar-refractivity contribution is -0.134. The molecule has 0 radical (unpaired) electrons. The highest BCUT2D eigenvalue weighted by atomic mass is 16.5. The summed E-state index contributed by atoms with van der Waals surface area (Å²) in [5.74, 6) is -1.15. The molecule has 0 spiro atoms. The second kappa shape index (κ2) is 9.68. The first kappa shape index (κ1) is 18.8. The molecular formula is C18H18O6. The van der Waals surface area contributed by atoms with Gasteiger partial charge in [-0.15, -0.1) is 0 Å². The van der Waals surface area contributed by atoms with E-state index in [0.717, 1.165) is 19.1 Å². The van der Waals surface area contributed by atoms with Gasteiger partial charge in [-0.1, -0.05) is 30.3 Å². The van der Waals surface area contributed by atoms with Gasteiger partial charge in [0.05, 0.1) is 6.26 Å². The molecule has 2 aromatic carbocycles. The number of hydrogen-bond donors (Lipinski definition) is 3. The molecule has 1 aliphatic rings. The van der Waals surface area contributed by atoms with Crippen molar-refractivity contribution in [3.63, 3.8) is 0 Å². The second-order valence-corrected chi connectivity index (χ2v) is 4.64. The molecule has 0 atom stereocenters. The highest BCUT2D eigenvalue weighted by Crippen LogP contribution is 2.21. The summed E-state index contributed by atoms with van der Waals surface area (Å²) < 4.78 is 5.24. The molecule has 6 nitrogen and oxygen atoms in total. The van der Waals surface area contributed by atoms with Crippen molar-refractivity contribution < 1.29 is 29.6 Å². The largest absolute Gasteiger partial charge is 0.507 e. The third-order valence-corrected chi connectivity index (χ3v) is 2.74. The smallest absolute Gasteiger partial charge is 0.339 e. The minimum Gasteiger partial charge on any atom is -0.507 e. The fourth-order valence-corrected chi connectivity index (χ4v) is 1.74. The Morgan fingerprint density at radius 1 is 1.00 bits per heavy atom. The molecule has 0 aromatic heterocycles. The summed E-state index contributed by atoms with van der Waals surface area (Å²) in [6, 6.07) is 13.9. The molecule has 24 heavy (non-hydrogen) atoms. The quantitative estimate of drug-likeness (QED) is 0.741. The van der Waals surface area contributed by atoms with Crippen LogP contribution in [0.4, 0.5) is 0 Å². The summed E-state index contributed by atoms with van der Waals surface area (Å²) in [6.07, 6.45) is 4.75. The normalized spacial score (nSPS) is 10.7. The molecule has 0 amide bonds. The van der Waals surface area contributed by atoms with Crippen LogP contribution in [0.25, 0.3) is 0 Å². The van der Waals surface area contributed by atoms with Crippen molar-refractivity contribution in [3.05, 3.63) is 72.0 Å². The third-order valence-electron chi connectivity index (χ3n) is 2.74. The van der Waals surface area contributed by atoms with Crippen LogP contribution in [0.2, 0.25) is 0 Å². The first-order chi connectivity index (χ1) is 11.4. The van der Waals surface area contributed by atoms with Crippen molar-refractivity contribution in [3.8, 4) is 11.5 Å². The third kappa shape index (κ3) is 6.65. The van der Waals surface area contributed by atoms with E-state index in [-0.39, 0.29) is 11.3 Å². The number of benzene rings is 2. The molecule has 2 aromatic rings. The van der Waals surface area contributed by atoms with Crippen molar-refractivity contribution in [2.75, 3.05) is 0 Å². The van der Waals surface area contributed by atoms with Crippen LogP contribution in [0.15, 0.2) is 60.9 Å². The zero-order chi connectivity index (χ0) is 17.9. The van der Waals surface area contributed by atoms with E-state index in [4.69, 9.17) is 24.9 Å². The Labute approximate surface area is 139 Å². The molecule has 0 bridgehead atoms.